The maximum Gasteiger partial charge on any atom is 0.233 e. The summed E-state index contributed by atoms with van der Waals surface area (Å²) in [5, 5.41) is 1.35. The number of fused-ring (bicyclic) bond motifs is 1. The van der Waals surface area contributed by atoms with Gasteiger partial charge in [0, 0.05) is 36.3 Å². The molecule has 1 aliphatic heterocycles. The number of ether oxygens (including phenoxy) is 1. The van der Waals surface area contributed by atoms with Crippen LogP contribution in [0.25, 0.3) is 10.2 Å². The third-order valence-electron chi connectivity index (χ3n) is 6.07. The molecule has 1 aliphatic rings. The fourth-order valence-corrected chi connectivity index (χ4v) is 6.19. The highest BCUT2D eigenvalue weighted by Crippen LogP contribution is 2.33. The Morgan fingerprint density at radius 3 is 2.46 bits per heavy atom. The lowest BCUT2D eigenvalue weighted by atomic mass is 10.1. The zero-order chi connectivity index (χ0) is 24.1. The number of nitrogens with zero attached hydrogens (tertiary/aromatic N) is 3. The molecular formula is C27H36ClN3O2S2. The van der Waals surface area contributed by atoms with E-state index in [9.17, 15) is 4.79 Å². The molecule has 1 amide bonds. The van der Waals surface area contributed by atoms with E-state index in [-0.39, 0.29) is 18.3 Å². The van der Waals surface area contributed by atoms with Gasteiger partial charge in [-0.25, -0.2) is 4.98 Å². The Morgan fingerprint density at radius 2 is 1.80 bits per heavy atom. The Hall–Kier alpha value is -1.64. The van der Waals surface area contributed by atoms with Crippen molar-refractivity contribution in [3.63, 3.8) is 0 Å². The summed E-state index contributed by atoms with van der Waals surface area (Å²) in [6.07, 6.45) is 1.31. The largest absolute Gasteiger partial charge is 0.379 e. The van der Waals surface area contributed by atoms with Gasteiger partial charge in [0.2, 0.25) is 5.91 Å². The minimum atomic E-state index is 0. The van der Waals surface area contributed by atoms with E-state index in [0.29, 0.717) is 18.2 Å². The predicted octanol–water partition coefficient (Wildman–Crippen LogP) is 6.13. The van der Waals surface area contributed by atoms with Crippen molar-refractivity contribution in [1.82, 2.24) is 9.88 Å². The second kappa shape index (κ2) is 13.1. The summed E-state index contributed by atoms with van der Waals surface area (Å²) in [5.41, 5.74) is 4.43. The molecule has 0 saturated carbocycles. The number of rotatable bonds is 9. The van der Waals surface area contributed by atoms with Crippen LogP contribution in [0.5, 0.6) is 0 Å². The maximum atomic E-state index is 13.6. The minimum absolute atomic E-state index is 0. The van der Waals surface area contributed by atoms with Crippen molar-refractivity contribution in [2.45, 2.75) is 50.7 Å². The maximum absolute atomic E-state index is 13.6. The third kappa shape index (κ3) is 7.43. The Kier molecular flexibility index (Phi) is 10.4. The zero-order valence-electron chi connectivity index (χ0n) is 21.1. The monoisotopic (exact) mass is 533 g/mol. The van der Waals surface area contributed by atoms with Crippen molar-refractivity contribution in [1.29, 1.82) is 0 Å². The zero-order valence-corrected chi connectivity index (χ0v) is 23.5. The molecule has 0 bridgehead atoms. The van der Waals surface area contributed by atoms with Crippen molar-refractivity contribution in [3.05, 3.63) is 53.1 Å². The quantitative estimate of drug-likeness (QED) is 0.309. The number of aromatic nitrogens is 1. The first-order chi connectivity index (χ1) is 16.4. The molecule has 0 spiro atoms. The smallest absolute Gasteiger partial charge is 0.233 e. The molecule has 0 atom stereocenters. The van der Waals surface area contributed by atoms with Crippen LogP contribution in [0.4, 0.5) is 5.13 Å². The number of thiazole rings is 1. The average molecular weight is 534 g/mol. The van der Waals surface area contributed by atoms with Crippen molar-refractivity contribution in [2.75, 3.05) is 44.3 Å². The Labute approximate surface area is 223 Å². The summed E-state index contributed by atoms with van der Waals surface area (Å²) in [6.45, 7) is 13.8. The third-order valence-corrected chi connectivity index (χ3v) is 8.30. The lowest BCUT2D eigenvalue weighted by molar-refractivity contribution is -0.118. The summed E-state index contributed by atoms with van der Waals surface area (Å²) < 4.78 is 6.65. The van der Waals surface area contributed by atoms with Gasteiger partial charge in [-0.2, -0.15) is 0 Å². The van der Waals surface area contributed by atoms with Gasteiger partial charge in [0.05, 0.1) is 29.9 Å². The fraction of sp³-hybridized carbons (Fsp3) is 0.481. The predicted molar refractivity (Wildman–Crippen MR) is 152 cm³/mol. The van der Waals surface area contributed by atoms with Gasteiger partial charge in [-0.15, -0.1) is 24.2 Å². The Bertz CT molecular complexity index is 1070. The van der Waals surface area contributed by atoms with Gasteiger partial charge >= 0.3 is 0 Å². The number of hydrogen-bond acceptors (Lipinski definition) is 6. The Morgan fingerprint density at radius 1 is 1.11 bits per heavy atom. The topological polar surface area (TPSA) is 45.7 Å². The van der Waals surface area contributed by atoms with Crippen LogP contribution in [0.3, 0.4) is 0 Å². The van der Waals surface area contributed by atoms with Gasteiger partial charge in [0.1, 0.15) is 0 Å². The molecule has 3 aromatic rings. The summed E-state index contributed by atoms with van der Waals surface area (Å²) in [4.78, 5) is 24.1. The number of anilines is 1. The second-order valence-electron chi connectivity index (χ2n) is 9.21. The minimum Gasteiger partial charge on any atom is -0.379 e. The van der Waals surface area contributed by atoms with Gasteiger partial charge in [0.25, 0.3) is 0 Å². The highest BCUT2D eigenvalue weighted by molar-refractivity contribution is 7.99. The molecule has 0 N–H and O–H groups in total. The van der Waals surface area contributed by atoms with E-state index in [0.717, 1.165) is 61.0 Å². The normalized spacial score (nSPS) is 14.3. The fourth-order valence-electron chi connectivity index (χ4n) is 4.20. The van der Waals surface area contributed by atoms with Crippen LogP contribution in [0.15, 0.2) is 41.3 Å². The highest BCUT2D eigenvalue weighted by atomic mass is 35.5. The molecule has 2 heterocycles. The van der Waals surface area contributed by atoms with Crippen LogP contribution < -0.4 is 4.90 Å². The van der Waals surface area contributed by atoms with E-state index >= 15 is 0 Å². The number of amides is 1. The van der Waals surface area contributed by atoms with Crippen LogP contribution in [-0.4, -0.2) is 60.4 Å². The van der Waals surface area contributed by atoms with Gasteiger partial charge in [-0.1, -0.05) is 49.4 Å². The summed E-state index contributed by atoms with van der Waals surface area (Å²) in [5.74, 6) is 0.112. The SMILES string of the molecule is Cc1ccc(C)c2sc(N(CCCN3CCOCC3)C(=O)Cc3ccc(SC(C)C)cc3)nc12.Cl. The van der Waals surface area contributed by atoms with Crippen LogP contribution in [0.1, 0.15) is 37.0 Å². The molecule has 0 aliphatic carbocycles. The summed E-state index contributed by atoms with van der Waals surface area (Å²) in [6, 6.07) is 12.7. The highest BCUT2D eigenvalue weighted by Gasteiger charge is 2.22. The summed E-state index contributed by atoms with van der Waals surface area (Å²) in [7, 11) is 0. The number of morpholine rings is 1. The van der Waals surface area contributed by atoms with E-state index in [2.05, 4.69) is 69.0 Å². The van der Waals surface area contributed by atoms with Gasteiger partial charge in [-0.3, -0.25) is 14.6 Å². The van der Waals surface area contributed by atoms with Crippen molar-refractivity contribution >= 4 is 56.8 Å². The van der Waals surface area contributed by atoms with E-state index in [1.165, 1.54) is 15.2 Å². The van der Waals surface area contributed by atoms with Crippen molar-refractivity contribution < 1.29 is 9.53 Å². The number of carbonyl (C=O) groups excluding carboxylic acids is 1. The van der Waals surface area contributed by atoms with Crippen LogP contribution in [0, 0.1) is 13.8 Å². The van der Waals surface area contributed by atoms with E-state index < -0.39 is 0 Å². The number of carbonyl (C=O) groups is 1. The van der Waals surface area contributed by atoms with Crippen LogP contribution >= 0.6 is 35.5 Å². The number of hydrogen-bond donors (Lipinski definition) is 0. The van der Waals surface area contributed by atoms with Gasteiger partial charge in [0.15, 0.2) is 5.13 Å². The van der Waals surface area contributed by atoms with Crippen LogP contribution in [0.2, 0.25) is 0 Å². The van der Waals surface area contributed by atoms with E-state index in [1.807, 2.05) is 16.7 Å². The molecule has 0 unspecified atom stereocenters. The van der Waals surface area contributed by atoms with Crippen LogP contribution in [-0.2, 0) is 16.0 Å². The molecule has 5 nitrogen and oxygen atoms in total. The molecule has 1 saturated heterocycles. The van der Waals surface area contributed by atoms with E-state index in [1.54, 1.807) is 11.3 Å². The molecule has 35 heavy (non-hydrogen) atoms. The first kappa shape index (κ1) is 27.9. The second-order valence-corrected chi connectivity index (χ2v) is 11.8. The first-order valence-electron chi connectivity index (χ1n) is 12.1. The average Bonchev–Trinajstić information content (AvgIpc) is 3.27. The molecule has 190 valence electrons. The number of thioether (sulfide) groups is 1. The number of aryl methyl sites for hydroxylation is 2. The van der Waals surface area contributed by atoms with Crippen molar-refractivity contribution in [3.8, 4) is 0 Å². The molecule has 1 fully saturated rings. The number of halogens is 1. The number of benzene rings is 2. The molecule has 8 heteroatoms. The van der Waals surface area contributed by atoms with Gasteiger partial charge in [-0.05, 0) is 49.1 Å². The lowest BCUT2D eigenvalue weighted by Crippen LogP contribution is -2.39. The molecule has 0 radical (unpaired) electrons. The molecule has 4 rings (SSSR count). The Balaban J connectivity index is 0.00000342. The first-order valence-corrected chi connectivity index (χ1v) is 13.8. The molecule has 2 aromatic carbocycles. The summed E-state index contributed by atoms with van der Waals surface area (Å²) >= 11 is 3.48. The van der Waals surface area contributed by atoms with E-state index in [4.69, 9.17) is 9.72 Å². The standard InChI is InChI=1S/C27H35N3O2S2.ClH/c1-19(2)33-23-10-8-22(9-11-23)18-24(31)30(13-5-12-29-14-16-32-17-15-29)27-28-25-20(3)6-7-21(4)26(25)34-27;/h6-11,19H,5,12-18H2,1-4H3;1H. The molecular weight excluding hydrogens is 498 g/mol. The lowest BCUT2D eigenvalue weighted by Gasteiger charge is -2.27. The van der Waals surface area contributed by atoms with Crippen molar-refractivity contribution in [2.24, 2.45) is 0 Å². The van der Waals surface area contributed by atoms with Gasteiger partial charge < -0.3 is 4.74 Å². The molecule has 1 aromatic heterocycles.